The lowest BCUT2D eigenvalue weighted by molar-refractivity contribution is -0.186. The molecule has 0 bridgehead atoms. The number of carbonyl (C=O) groups is 2. The second-order valence-electron chi connectivity index (χ2n) is 5.00. The number of hydrogen-bond donors (Lipinski definition) is 3. The minimum atomic E-state index is -5.06. The molecule has 3 N–H and O–H groups in total. The zero-order chi connectivity index (χ0) is 16.9. The van der Waals surface area contributed by atoms with Crippen LogP contribution in [0.4, 0.5) is 4.79 Å². The van der Waals surface area contributed by atoms with Gasteiger partial charge in [0, 0.05) is 6.42 Å². The summed E-state index contributed by atoms with van der Waals surface area (Å²) in [5.41, 5.74) is -0.958. The Labute approximate surface area is 121 Å². The van der Waals surface area contributed by atoms with Gasteiger partial charge in [-0.2, -0.15) is 0 Å². The van der Waals surface area contributed by atoms with Crippen LogP contribution in [0.1, 0.15) is 33.6 Å². The Balaban J connectivity index is 4.84. The highest BCUT2D eigenvalue weighted by Crippen LogP contribution is 2.64. The van der Waals surface area contributed by atoms with Gasteiger partial charge in [0.15, 0.2) is 5.40 Å². The molecule has 0 aliphatic heterocycles. The first-order valence-electron chi connectivity index (χ1n) is 5.70. The number of ether oxygens (including phenoxy) is 1. The Hall–Kier alpha value is -0.760. The molecular weight excluding hydrogens is 330 g/mol. The van der Waals surface area contributed by atoms with Crippen molar-refractivity contribution in [3.05, 3.63) is 0 Å². The topological polar surface area (TPSA) is 157 Å². The van der Waals surface area contributed by atoms with Gasteiger partial charge in [0.2, 0.25) is 0 Å². The average molecular weight is 348 g/mol. The normalized spacial score (nSPS) is 16.7. The van der Waals surface area contributed by atoms with Crippen LogP contribution in [0.2, 0.25) is 0 Å². The number of aldehydes is 1. The van der Waals surface area contributed by atoms with Crippen LogP contribution in [-0.4, -0.2) is 38.1 Å². The Morgan fingerprint density at radius 2 is 1.76 bits per heavy atom. The van der Waals surface area contributed by atoms with Crippen molar-refractivity contribution in [1.29, 1.82) is 0 Å². The maximum absolute atomic E-state index is 11.7. The van der Waals surface area contributed by atoms with Crippen LogP contribution in [0.5, 0.6) is 0 Å². The van der Waals surface area contributed by atoms with E-state index in [1.54, 1.807) is 0 Å². The molecule has 10 nitrogen and oxygen atoms in total. The Kier molecular flexibility index (Phi) is 7.22. The van der Waals surface area contributed by atoms with Crippen molar-refractivity contribution in [3.8, 4) is 0 Å². The first-order valence-corrected chi connectivity index (χ1v) is 9.03. The maximum atomic E-state index is 11.7. The van der Waals surface area contributed by atoms with Crippen LogP contribution < -0.4 is 0 Å². The van der Waals surface area contributed by atoms with Gasteiger partial charge in [-0.15, -0.1) is 0 Å². The summed E-state index contributed by atoms with van der Waals surface area (Å²) < 4.78 is 31.4. The van der Waals surface area contributed by atoms with Crippen molar-refractivity contribution in [2.75, 3.05) is 0 Å². The van der Waals surface area contributed by atoms with Gasteiger partial charge in [0.25, 0.3) is 0 Å². The summed E-state index contributed by atoms with van der Waals surface area (Å²) in [6.07, 6.45) is -2.12. The van der Waals surface area contributed by atoms with Gasteiger partial charge in [-0.1, -0.05) is 4.67 Å². The summed E-state index contributed by atoms with van der Waals surface area (Å²) in [5, 5.41) is -2.18. The minimum Gasteiger partial charge on any atom is -0.427 e. The molecule has 0 aromatic rings. The largest absolute Gasteiger partial charge is 0.541 e. The molecule has 0 spiro atoms. The Morgan fingerprint density at radius 1 is 1.24 bits per heavy atom. The number of carbonyl (C=O) groups excluding carboxylic acids is 2. The van der Waals surface area contributed by atoms with E-state index in [2.05, 4.69) is 14.3 Å². The van der Waals surface area contributed by atoms with Crippen molar-refractivity contribution < 1.29 is 47.7 Å². The summed E-state index contributed by atoms with van der Waals surface area (Å²) >= 11 is 0. The third kappa shape index (κ3) is 8.31. The van der Waals surface area contributed by atoms with E-state index in [9.17, 15) is 23.6 Å². The summed E-state index contributed by atoms with van der Waals surface area (Å²) in [6.45, 7) is 4.49. The lowest BCUT2D eigenvalue weighted by Gasteiger charge is -2.22. The first-order chi connectivity index (χ1) is 9.29. The van der Waals surface area contributed by atoms with Crippen LogP contribution in [-0.2, 0) is 28.2 Å². The zero-order valence-electron chi connectivity index (χ0n) is 11.7. The average Bonchev–Trinajstić information content (AvgIpc) is 2.22. The molecule has 0 radical (unpaired) electrons. The van der Waals surface area contributed by atoms with Gasteiger partial charge in [0.1, 0.15) is 11.9 Å². The van der Waals surface area contributed by atoms with Crippen LogP contribution >= 0.6 is 15.2 Å². The molecule has 0 amide bonds. The van der Waals surface area contributed by atoms with E-state index in [-0.39, 0.29) is 6.42 Å². The Bertz CT molecular complexity index is 462. The second-order valence-corrected chi connectivity index (χ2v) is 9.11. The summed E-state index contributed by atoms with van der Waals surface area (Å²) in [6, 6.07) is 0. The molecular formula is C9H18O10P2. The lowest BCUT2D eigenvalue weighted by atomic mass is 10.2. The van der Waals surface area contributed by atoms with Crippen molar-refractivity contribution in [2.45, 2.75) is 44.6 Å². The standard InChI is InChI=1S/C9H18O10P2/c1-9(2,3)17-8(11)18-19-21(15,16)7(5-4-6-10)20(12,13)14/h6-7H,4-5H2,1-3H3,(H,15,16)(H2,12,13,14). The minimum absolute atomic E-state index is 0.317. The molecule has 124 valence electrons. The van der Waals surface area contributed by atoms with Crippen molar-refractivity contribution in [2.24, 2.45) is 0 Å². The smallest absolute Gasteiger partial charge is 0.427 e. The lowest BCUT2D eigenvalue weighted by Crippen LogP contribution is -2.24. The van der Waals surface area contributed by atoms with Crippen LogP contribution in [0.15, 0.2) is 0 Å². The van der Waals surface area contributed by atoms with Crippen molar-refractivity contribution >= 4 is 27.6 Å². The van der Waals surface area contributed by atoms with Gasteiger partial charge in [-0.05, 0) is 27.2 Å². The molecule has 0 rings (SSSR count). The predicted octanol–water partition coefficient (Wildman–Crippen LogP) is 1.54. The van der Waals surface area contributed by atoms with Crippen molar-refractivity contribution in [1.82, 2.24) is 0 Å². The van der Waals surface area contributed by atoms with Gasteiger partial charge in [0.05, 0.1) is 0 Å². The summed E-state index contributed by atoms with van der Waals surface area (Å²) in [7, 11) is -10.1. The molecule has 2 atom stereocenters. The number of rotatable bonds is 7. The molecule has 0 fully saturated rings. The molecule has 21 heavy (non-hydrogen) atoms. The van der Waals surface area contributed by atoms with E-state index in [1.807, 2.05) is 0 Å². The monoisotopic (exact) mass is 348 g/mol. The van der Waals surface area contributed by atoms with Gasteiger partial charge >= 0.3 is 21.3 Å². The van der Waals surface area contributed by atoms with Gasteiger partial charge < -0.3 is 24.2 Å². The molecule has 2 unspecified atom stereocenters. The molecule has 12 heteroatoms. The highest BCUT2D eigenvalue weighted by Gasteiger charge is 2.47. The van der Waals surface area contributed by atoms with E-state index in [4.69, 9.17) is 9.79 Å². The van der Waals surface area contributed by atoms with E-state index >= 15 is 0 Å². The third-order valence-corrected chi connectivity index (χ3v) is 6.02. The van der Waals surface area contributed by atoms with E-state index in [0.29, 0.717) is 6.29 Å². The molecule has 0 aliphatic carbocycles. The maximum Gasteiger partial charge on any atom is 0.541 e. The highest BCUT2D eigenvalue weighted by molar-refractivity contribution is 7.71. The van der Waals surface area contributed by atoms with Gasteiger partial charge in [-0.3, -0.25) is 14.0 Å². The molecule has 0 aliphatic rings. The second kappa shape index (κ2) is 7.49. The van der Waals surface area contributed by atoms with Crippen LogP contribution in [0.3, 0.4) is 0 Å². The first kappa shape index (κ1) is 20.2. The molecule has 0 saturated carbocycles. The van der Waals surface area contributed by atoms with Crippen LogP contribution in [0, 0.1) is 0 Å². The molecule has 0 aromatic carbocycles. The molecule has 0 saturated heterocycles. The summed E-state index contributed by atoms with van der Waals surface area (Å²) in [4.78, 5) is 52.8. The SMILES string of the molecule is CC(C)(C)OC(=O)OOP(=O)(O)C(CCC=O)P(=O)(O)O. The van der Waals surface area contributed by atoms with Crippen molar-refractivity contribution in [3.63, 3.8) is 0 Å². The van der Waals surface area contributed by atoms with Crippen LogP contribution in [0.25, 0.3) is 0 Å². The van der Waals surface area contributed by atoms with E-state index < -0.39 is 38.8 Å². The van der Waals surface area contributed by atoms with E-state index in [0.717, 1.165) is 0 Å². The third-order valence-electron chi connectivity index (χ3n) is 1.91. The summed E-state index contributed by atoms with van der Waals surface area (Å²) in [5.74, 6) is 0. The highest BCUT2D eigenvalue weighted by atomic mass is 31.2. The fourth-order valence-corrected chi connectivity index (χ4v) is 4.00. The van der Waals surface area contributed by atoms with Gasteiger partial charge in [-0.25, -0.2) is 4.79 Å². The van der Waals surface area contributed by atoms with E-state index in [1.165, 1.54) is 20.8 Å². The predicted molar refractivity (Wildman–Crippen MR) is 69.4 cm³/mol. The fourth-order valence-electron chi connectivity index (χ4n) is 1.14. The fraction of sp³-hybridized carbons (Fsp3) is 0.778. The number of hydrogen-bond acceptors (Lipinski definition) is 7. The molecule has 0 aromatic heterocycles. The quantitative estimate of drug-likeness (QED) is 0.203. The Morgan fingerprint density at radius 3 is 2.14 bits per heavy atom. The zero-order valence-corrected chi connectivity index (χ0v) is 13.5. The molecule has 0 heterocycles.